The molecule has 2 amide bonds. The Kier molecular flexibility index (Phi) is 5.29. The maximum absolute atomic E-state index is 12.4. The fourth-order valence-electron chi connectivity index (χ4n) is 2.58. The number of thiophene rings is 1. The number of rotatable bonds is 5. The van der Waals surface area contributed by atoms with Crippen molar-refractivity contribution < 1.29 is 4.79 Å². The predicted octanol–water partition coefficient (Wildman–Crippen LogP) is 4.65. The first-order chi connectivity index (χ1) is 11.7. The molecule has 0 fully saturated rings. The van der Waals surface area contributed by atoms with E-state index in [-0.39, 0.29) is 12.1 Å². The first-order valence-corrected chi connectivity index (χ1v) is 8.73. The fraction of sp³-hybridized carbons (Fsp3) is 0.150. The molecular weight excluding hydrogens is 316 g/mol. The van der Waals surface area contributed by atoms with Crippen LogP contribution in [0.5, 0.6) is 0 Å². The molecule has 0 saturated heterocycles. The van der Waals surface area contributed by atoms with Gasteiger partial charge in [-0.05, 0) is 30.2 Å². The molecule has 1 heterocycles. The second kappa shape index (κ2) is 7.79. The quantitative estimate of drug-likeness (QED) is 0.700. The van der Waals surface area contributed by atoms with Crippen LogP contribution in [0.25, 0.3) is 0 Å². The van der Waals surface area contributed by atoms with Crippen LogP contribution in [0.1, 0.15) is 26.9 Å². The van der Waals surface area contributed by atoms with Crippen molar-refractivity contribution in [2.45, 2.75) is 19.5 Å². The van der Waals surface area contributed by atoms with Gasteiger partial charge in [-0.25, -0.2) is 4.79 Å². The summed E-state index contributed by atoms with van der Waals surface area (Å²) in [7, 11) is 0. The molecule has 0 atom stereocenters. The third-order valence-corrected chi connectivity index (χ3v) is 4.76. The van der Waals surface area contributed by atoms with E-state index in [2.05, 4.69) is 23.6 Å². The Morgan fingerprint density at radius 3 is 2.00 bits per heavy atom. The van der Waals surface area contributed by atoms with Crippen molar-refractivity contribution in [3.63, 3.8) is 0 Å². The van der Waals surface area contributed by atoms with Gasteiger partial charge in [0.15, 0.2) is 0 Å². The second-order valence-corrected chi connectivity index (χ2v) is 6.97. The lowest BCUT2D eigenvalue weighted by Gasteiger charge is -2.20. The Morgan fingerprint density at radius 2 is 1.50 bits per heavy atom. The van der Waals surface area contributed by atoms with Gasteiger partial charge in [0.05, 0.1) is 12.6 Å². The Labute approximate surface area is 146 Å². The van der Waals surface area contributed by atoms with Crippen molar-refractivity contribution in [1.82, 2.24) is 10.6 Å². The molecule has 3 nitrogen and oxygen atoms in total. The summed E-state index contributed by atoms with van der Waals surface area (Å²) >= 11 is 1.70. The molecule has 0 spiro atoms. The largest absolute Gasteiger partial charge is 0.333 e. The number of aryl methyl sites for hydroxylation is 1. The van der Waals surface area contributed by atoms with Crippen LogP contribution in [0.3, 0.4) is 0 Å². The minimum atomic E-state index is -0.169. The molecule has 3 rings (SSSR count). The van der Waals surface area contributed by atoms with E-state index in [0.717, 1.165) is 16.0 Å². The van der Waals surface area contributed by atoms with Gasteiger partial charge in [0.2, 0.25) is 0 Å². The van der Waals surface area contributed by atoms with Crippen molar-refractivity contribution in [1.29, 1.82) is 0 Å². The summed E-state index contributed by atoms with van der Waals surface area (Å²) in [5.74, 6) is 0. The number of benzene rings is 2. The van der Waals surface area contributed by atoms with Gasteiger partial charge >= 0.3 is 6.03 Å². The summed E-state index contributed by atoms with van der Waals surface area (Å²) in [6.45, 7) is 2.61. The van der Waals surface area contributed by atoms with E-state index in [1.54, 1.807) is 11.3 Å². The van der Waals surface area contributed by atoms with Crippen LogP contribution in [0, 0.1) is 6.92 Å². The smallest absolute Gasteiger partial charge is 0.315 e. The van der Waals surface area contributed by atoms with Gasteiger partial charge < -0.3 is 10.6 Å². The normalized spacial score (nSPS) is 10.6. The lowest BCUT2D eigenvalue weighted by molar-refractivity contribution is 0.238. The van der Waals surface area contributed by atoms with Crippen molar-refractivity contribution in [2.75, 3.05) is 0 Å². The number of carbonyl (C=O) groups is 1. The Hall–Kier alpha value is -2.59. The topological polar surface area (TPSA) is 41.1 Å². The van der Waals surface area contributed by atoms with Gasteiger partial charge in [0, 0.05) is 9.75 Å². The highest BCUT2D eigenvalue weighted by molar-refractivity contribution is 7.11. The average molecular weight is 336 g/mol. The average Bonchev–Trinajstić information content (AvgIpc) is 3.05. The van der Waals surface area contributed by atoms with E-state index in [1.807, 2.05) is 66.7 Å². The van der Waals surface area contributed by atoms with Gasteiger partial charge in [-0.2, -0.15) is 0 Å². The Morgan fingerprint density at radius 1 is 0.917 bits per heavy atom. The molecule has 122 valence electrons. The van der Waals surface area contributed by atoms with Gasteiger partial charge in [-0.15, -0.1) is 11.3 Å². The second-order valence-electron chi connectivity index (χ2n) is 5.59. The molecule has 0 aliphatic rings. The van der Waals surface area contributed by atoms with Crippen molar-refractivity contribution in [3.05, 3.63) is 93.7 Å². The lowest BCUT2D eigenvalue weighted by atomic mass is 9.99. The number of hydrogen-bond acceptors (Lipinski definition) is 2. The number of hydrogen-bond donors (Lipinski definition) is 2. The minimum Gasteiger partial charge on any atom is -0.333 e. The van der Waals surface area contributed by atoms with Crippen LogP contribution in [0.15, 0.2) is 72.8 Å². The Bertz CT molecular complexity index is 744. The van der Waals surface area contributed by atoms with Gasteiger partial charge in [0.25, 0.3) is 0 Å². The molecule has 0 unspecified atom stereocenters. The summed E-state index contributed by atoms with van der Waals surface area (Å²) in [5, 5.41) is 6.02. The molecule has 0 bridgehead atoms. The van der Waals surface area contributed by atoms with Gasteiger partial charge in [-0.3, -0.25) is 0 Å². The first kappa shape index (κ1) is 16.3. The summed E-state index contributed by atoms with van der Waals surface area (Å²) in [6.07, 6.45) is 0. The first-order valence-electron chi connectivity index (χ1n) is 7.92. The van der Waals surface area contributed by atoms with E-state index in [9.17, 15) is 4.79 Å². The van der Waals surface area contributed by atoms with Crippen LogP contribution >= 0.6 is 11.3 Å². The summed E-state index contributed by atoms with van der Waals surface area (Å²) in [6, 6.07) is 23.8. The molecule has 0 aliphatic heterocycles. The maximum atomic E-state index is 12.4. The van der Waals surface area contributed by atoms with Gasteiger partial charge in [0.1, 0.15) is 0 Å². The molecular formula is C20H20N2OS. The number of urea groups is 1. The van der Waals surface area contributed by atoms with Crippen LogP contribution in [0.2, 0.25) is 0 Å². The van der Waals surface area contributed by atoms with E-state index in [1.165, 1.54) is 4.88 Å². The number of amides is 2. The molecule has 0 radical (unpaired) electrons. The molecule has 3 aromatic rings. The molecule has 24 heavy (non-hydrogen) atoms. The number of carbonyl (C=O) groups excluding carboxylic acids is 1. The highest BCUT2D eigenvalue weighted by atomic mass is 32.1. The highest BCUT2D eigenvalue weighted by Gasteiger charge is 2.16. The summed E-state index contributed by atoms with van der Waals surface area (Å²) in [4.78, 5) is 14.8. The van der Waals surface area contributed by atoms with Crippen LogP contribution in [-0.2, 0) is 6.54 Å². The molecule has 0 saturated carbocycles. The fourth-order valence-corrected chi connectivity index (χ4v) is 3.41. The predicted molar refractivity (Wildman–Crippen MR) is 99.2 cm³/mol. The van der Waals surface area contributed by atoms with Crippen molar-refractivity contribution in [2.24, 2.45) is 0 Å². The van der Waals surface area contributed by atoms with Crippen LogP contribution < -0.4 is 10.6 Å². The Balaban J connectivity index is 1.71. The monoisotopic (exact) mass is 336 g/mol. The SMILES string of the molecule is Cc1ccc(CNC(=O)NC(c2ccccc2)c2ccccc2)s1. The third kappa shape index (κ3) is 4.24. The van der Waals surface area contributed by atoms with Gasteiger partial charge in [-0.1, -0.05) is 60.7 Å². The highest BCUT2D eigenvalue weighted by Crippen LogP contribution is 2.21. The van der Waals surface area contributed by atoms with Crippen molar-refractivity contribution in [3.8, 4) is 0 Å². The molecule has 4 heteroatoms. The zero-order chi connectivity index (χ0) is 16.8. The van der Waals surface area contributed by atoms with E-state index in [0.29, 0.717) is 6.54 Å². The third-order valence-electron chi connectivity index (χ3n) is 3.76. The number of nitrogens with one attached hydrogen (secondary N) is 2. The van der Waals surface area contributed by atoms with E-state index < -0.39 is 0 Å². The zero-order valence-electron chi connectivity index (χ0n) is 13.5. The van der Waals surface area contributed by atoms with E-state index >= 15 is 0 Å². The standard InChI is InChI=1S/C20H20N2OS/c1-15-12-13-18(24-15)14-21-20(23)22-19(16-8-4-2-5-9-16)17-10-6-3-7-11-17/h2-13,19H,14H2,1H3,(H2,21,22,23). The zero-order valence-corrected chi connectivity index (χ0v) is 14.3. The van der Waals surface area contributed by atoms with E-state index in [4.69, 9.17) is 0 Å². The van der Waals surface area contributed by atoms with Crippen LogP contribution in [0.4, 0.5) is 4.79 Å². The minimum absolute atomic E-state index is 0.168. The molecule has 1 aromatic heterocycles. The summed E-state index contributed by atoms with van der Waals surface area (Å²) in [5.41, 5.74) is 2.12. The lowest BCUT2D eigenvalue weighted by Crippen LogP contribution is -2.37. The van der Waals surface area contributed by atoms with Crippen molar-refractivity contribution >= 4 is 17.4 Å². The molecule has 2 N–H and O–H groups in total. The maximum Gasteiger partial charge on any atom is 0.315 e. The summed E-state index contributed by atoms with van der Waals surface area (Å²) < 4.78 is 0. The molecule has 0 aliphatic carbocycles. The van der Waals surface area contributed by atoms with Crippen LogP contribution in [-0.4, -0.2) is 6.03 Å². The molecule has 2 aromatic carbocycles.